The molecule has 0 amide bonds. The lowest BCUT2D eigenvalue weighted by Crippen LogP contribution is -2.59. The van der Waals surface area contributed by atoms with Crippen molar-refractivity contribution in [2.45, 2.75) is 36.8 Å². The average molecular weight is 275 g/mol. The van der Waals surface area contributed by atoms with Gasteiger partial charge in [0.25, 0.3) is 0 Å². The number of nitriles is 1. The molecule has 108 valence electrons. The van der Waals surface area contributed by atoms with E-state index in [0.717, 1.165) is 0 Å². The standard InChI is InChI=1S/C11H17NO7/c1-5(3-13)6(2-12)18-11-10(17)9(16)8(15)7(4-14)19-11/h6-11,13-17H,1,3-4H2/t6-,7+,8+,9-,10+,11+/m1/s1. The summed E-state index contributed by atoms with van der Waals surface area (Å²) >= 11 is 0. The summed E-state index contributed by atoms with van der Waals surface area (Å²) in [5, 5.41) is 55.4. The third kappa shape index (κ3) is 3.49. The van der Waals surface area contributed by atoms with Crippen LogP contribution in [-0.4, -0.2) is 75.6 Å². The molecule has 1 fully saturated rings. The quantitative estimate of drug-likeness (QED) is 0.340. The molecule has 5 N–H and O–H groups in total. The summed E-state index contributed by atoms with van der Waals surface area (Å²) in [7, 11) is 0. The van der Waals surface area contributed by atoms with E-state index in [4.69, 9.17) is 24.9 Å². The monoisotopic (exact) mass is 275 g/mol. The molecule has 0 aromatic carbocycles. The Morgan fingerprint density at radius 2 is 1.89 bits per heavy atom. The van der Waals surface area contributed by atoms with E-state index < -0.39 is 50.0 Å². The second-order valence-corrected chi connectivity index (χ2v) is 4.16. The van der Waals surface area contributed by atoms with E-state index in [1.165, 1.54) is 0 Å². The van der Waals surface area contributed by atoms with Gasteiger partial charge in [-0.15, -0.1) is 0 Å². The number of hydrogen-bond donors (Lipinski definition) is 5. The van der Waals surface area contributed by atoms with Crippen molar-refractivity contribution in [2.24, 2.45) is 0 Å². The number of rotatable bonds is 5. The van der Waals surface area contributed by atoms with Gasteiger partial charge in [0.2, 0.25) is 0 Å². The van der Waals surface area contributed by atoms with Gasteiger partial charge in [-0.1, -0.05) is 6.58 Å². The third-order valence-electron chi connectivity index (χ3n) is 2.81. The van der Waals surface area contributed by atoms with Crippen LogP contribution in [0.4, 0.5) is 0 Å². The van der Waals surface area contributed by atoms with Crippen molar-refractivity contribution in [1.29, 1.82) is 5.26 Å². The van der Waals surface area contributed by atoms with Crippen LogP contribution < -0.4 is 0 Å². The van der Waals surface area contributed by atoms with E-state index in [-0.39, 0.29) is 5.57 Å². The molecular formula is C11H17NO7. The molecule has 0 bridgehead atoms. The Balaban J connectivity index is 2.76. The Morgan fingerprint density at radius 3 is 2.37 bits per heavy atom. The molecule has 1 saturated heterocycles. The largest absolute Gasteiger partial charge is 0.394 e. The van der Waals surface area contributed by atoms with Crippen LogP contribution in [0.25, 0.3) is 0 Å². The number of aliphatic hydroxyl groups is 5. The first kappa shape index (κ1) is 16.0. The van der Waals surface area contributed by atoms with Crippen molar-refractivity contribution >= 4 is 0 Å². The summed E-state index contributed by atoms with van der Waals surface area (Å²) in [4.78, 5) is 0. The van der Waals surface area contributed by atoms with Crippen LogP contribution in [0.3, 0.4) is 0 Å². The van der Waals surface area contributed by atoms with Gasteiger partial charge in [-0.25, -0.2) is 0 Å². The topological polar surface area (TPSA) is 143 Å². The Morgan fingerprint density at radius 1 is 1.26 bits per heavy atom. The number of nitrogens with zero attached hydrogens (tertiary/aromatic N) is 1. The summed E-state index contributed by atoms with van der Waals surface area (Å²) < 4.78 is 10.1. The highest BCUT2D eigenvalue weighted by Crippen LogP contribution is 2.23. The van der Waals surface area contributed by atoms with E-state index in [1.807, 2.05) is 0 Å². The molecule has 1 aliphatic heterocycles. The number of ether oxygens (including phenoxy) is 2. The van der Waals surface area contributed by atoms with Crippen molar-refractivity contribution in [3.8, 4) is 6.07 Å². The first-order valence-corrected chi connectivity index (χ1v) is 5.60. The summed E-state index contributed by atoms with van der Waals surface area (Å²) in [6.07, 6.45) is -8.47. The molecule has 19 heavy (non-hydrogen) atoms. The van der Waals surface area contributed by atoms with Gasteiger partial charge in [0.05, 0.1) is 19.3 Å². The zero-order chi connectivity index (χ0) is 14.6. The SMILES string of the molecule is C=C(CO)[C@@H](C#N)O[C@H]1O[C@@H](CO)[C@H](O)[C@@H](O)[C@@H]1O. The van der Waals surface area contributed by atoms with Crippen LogP contribution in [-0.2, 0) is 9.47 Å². The van der Waals surface area contributed by atoms with E-state index in [1.54, 1.807) is 6.07 Å². The zero-order valence-electron chi connectivity index (χ0n) is 10.1. The molecule has 1 heterocycles. The van der Waals surface area contributed by atoms with E-state index >= 15 is 0 Å². The third-order valence-corrected chi connectivity index (χ3v) is 2.81. The molecular weight excluding hydrogens is 258 g/mol. The minimum Gasteiger partial charge on any atom is -0.394 e. The fraction of sp³-hybridized carbons (Fsp3) is 0.727. The lowest BCUT2D eigenvalue weighted by Gasteiger charge is -2.40. The van der Waals surface area contributed by atoms with Crippen LogP contribution >= 0.6 is 0 Å². The van der Waals surface area contributed by atoms with Gasteiger partial charge in [-0.3, -0.25) is 0 Å². The first-order valence-electron chi connectivity index (χ1n) is 5.60. The fourth-order valence-electron chi connectivity index (χ4n) is 1.61. The van der Waals surface area contributed by atoms with Crippen LogP contribution in [0.1, 0.15) is 0 Å². The Labute approximate surface area is 109 Å². The highest BCUT2D eigenvalue weighted by molar-refractivity contribution is 5.13. The van der Waals surface area contributed by atoms with Crippen molar-refractivity contribution in [3.63, 3.8) is 0 Å². The molecule has 0 aromatic rings. The van der Waals surface area contributed by atoms with Gasteiger partial charge < -0.3 is 35.0 Å². The molecule has 1 rings (SSSR count). The summed E-state index contributed by atoms with van der Waals surface area (Å²) in [5.41, 5.74) is 0.0551. The van der Waals surface area contributed by atoms with Crippen LogP contribution in [0.15, 0.2) is 12.2 Å². The summed E-state index contributed by atoms with van der Waals surface area (Å²) in [5.74, 6) is 0. The smallest absolute Gasteiger partial charge is 0.188 e. The molecule has 0 radical (unpaired) electrons. The van der Waals surface area contributed by atoms with Gasteiger partial charge in [0.1, 0.15) is 24.4 Å². The van der Waals surface area contributed by atoms with Crippen LogP contribution in [0, 0.1) is 11.3 Å². The van der Waals surface area contributed by atoms with Gasteiger partial charge in [0.15, 0.2) is 12.4 Å². The minimum absolute atomic E-state index is 0.0551. The molecule has 6 atom stereocenters. The first-order chi connectivity index (χ1) is 8.96. The highest BCUT2D eigenvalue weighted by Gasteiger charge is 2.45. The Kier molecular flexibility index (Phi) is 5.84. The Hall–Kier alpha value is -1.05. The average Bonchev–Trinajstić information content (AvgIpc) is 2.43. The second kappa shape index (κ2) is 6.93. The molecule has 1 aliphatic rings. The maximum Gasteiger partial charge on any atom is 0.188 e. The lowest BCUT2D eigenvalue weighted by molar-refractivity contribution is -0.304. The molecule has 0 saturated carbocycles. The molecule has 0 unspecified atom stereocenters. The van der Waals surface area contributed by atoms with Gasteiger partial charge in [-0.2, -0.15) is 5.26 Å². The highest BCUT2D eigenvalue weighted by atomic mass is 16.7. The predicted octanol–water partition coefficient (Wildman–Crippen LogP) is -2.76. The predicted molar refractivity (Wildman–Crippen MR) is 60.5 cm³/mol. The maximum absolute atomic E-state index is 9.68. The number of aliphatic hydroxyl groups excluding tert-OH is 5. The zero-order valence-corrected chi connectivity index (χ0v) is 10.1. The van der Waals surface area contributed by atoms with Gasteiger partial charge in [0, 0.05) is 0 Å². The van der Waals surface area contributed by atoms with Crippen molar-refractivity contribution in [3.05, 3.63) is 12.2 Å². The van der Waals surface area contributed by atoms with Crippen LogP contribution in [0.5, 0.6) is 0 Å². The summed E-state index contributed by atoms with van der Waals surface area (Å²) in [6, 6.07) is 1.70. The number of hydrogen-bond acceptors (Lipinski definition) is 8. The van der Waals surface area contributed by atoms with Gasteiger partial charge in [-0.05, 0) is 5.57 Å². The molecule has 0 spiro atoms. The molecule has 0 aromatic heterocycles. The van der Waals surface area contributed by atoms with Crippen molar-refractivity contribution in [2.75, 3.05) is 13.2 Å². The molecule has 0 aliphatic carbocycles. The van der Waals surface area contributed by atoms with Gasteiger partial charge >= 0.3 is 0 Å². The van der Waals surface area contributed by atoms with E-state index in [2.05, 4.69) is 6.58 Å². The lowest BCUT2D eigenvalue weighted by atomic mass is 9.99. The van der Waals surface area contributed by atoms with E-state index in [9.17, 15) is 15.3 Å². The second-order valence-electron chi connectivity index (χ2n) is 4.16. The van der Waals surface area contributed by atoms with Crippen molar-refractivity contribution < 1.29 is 35.0 Å². The molecule has 8 heteroatoms. The van der Waals surface area contributed by atoms with Crippen molar-refractivity contribution in [1.82, 2.24) is 0 Å². The normalized spacial score (nSPS) is 36.5. The summed E-state index contributed by atoms with van der Waals surface area (Å²) in [6.45, 7) is 2.33. The van der Waals surface area contributed by atoms with Crippen LogP contribution in [0.2, 0.25) is 0 Å². The minimum atomic E-state index is -1.60. The maximum atomic E-state index is 9.68. The Bertz CT molecular complexity index is 353. The molecule has 8 nitrogen and oxygen atoms in total. The van der Waals surface area contributed by atoms with E-state index in [0.29, 0.717) is 0 Å². The fourth-order valence-corrected chi connectivity index (χ4v) is 1.61.